The summed E-state index contributed by atoms with van der Waals surface area (Å²) in [5, 5.41) is 11.5. The number of nitrogens with one attached hydrogen (secondary N) is 1. The van der Waals surface area contributed by atoms with Crippen molar-refractivity contribution >= 4 is 17.8 Å². The Morgan fingerprint density at radius 1 is 1.48 bits per heavy atom. The molecule has 1 atom stereocenters. The number of ether oxygens (including phenoxy) is 1. The van der Waals surface area contributed by atoms with Crippen LogP contribution in [0.3, 0.4) is 0 Å². The molecule has 0 aromatic carbocycles. The Hall–Kier alpha value is -2.45. The van der Waals surface area contributed by atoms with Gasteiger partial charge in [-0.1, -0.05) is 6.07 Å². The molecule has 0 bridgehead atoms. The van der Waals surface area contributed by atoms with Gasteiger partial charge >= 0.3 is 12.0 Å². The van der Waals surface area contributed by atoms with E-state index in [2.05, 4.69) is 10.3 Å². The molecule has 0 spiro atoms. The Morgan fingerprint density at radius 2 is 2.26 bits per heavy atom. The Bertz CT molecular complexity index is 571. The first-order valence-corrected chi connectivity index (χ1v) is 7.12. The van der Waals surface area contributed by atoms with E-state index in [4.69, 9.17) is 9.84 Å². The van der Waals surface area contributed by atoms with Crippen molar-refractivity contribution in [1.29, 1.82) is 0 Å². The van der Waals surface area contributed by atoms with E-state index in [1.807, 2.05) is 0 Å². The van der Waals surface area contributed by atoms with Crippen LogP contribution in [0.15, 0.2) is 18.2 Å². The molecule has 0 aliphatic carbocycles. The van der Waals surface area contributed by atoms with Crippen LogP contribution in [0.1, 0.15) is 12.8 Å². The standard InChI is InChI=1S/C14H17F2N3O4/c15-10(16)8-23-12-5-1-4-11(17-12)18-14(22)19-6-2-3-9(7-19)13(20)21/h1,4-5,9-10H,2-3,6-8H2,(H,20,21)(H,17,18,22). The Balaban J connectivity index is 1.94. The fourth-order valence-electron chi connectivity index (χ4n) is 2.26. The molecule has 2 N–H and O–H groups in total. The van der Waals surface area contributed by atoms with Crippen molar-refractivity contribution in [1.82, 2.24) is 9.88 Å². The molecule has 0 saturated carbocycles. The normalized spacial score (nSPS) is 17.9. The number of hydrogen-bond acceptors (Lipinski definition) is 4. The predicted molar refractivity (Wildman–Crippen MR) is 76.7 cm³/mol. The number of aliphatic carboxylic acids is 1. The molecule has 0 radical (unpaired) electrons. The Labute approximate surface area is 131 Å². The first-order chi connectivity index (χ1) is 11.0. The van der Waals surface area contributed by atoms with Crippen molar-refractivity contribution in [2.45, 2.75) is 19.3 Å². The largest absolute Gasteiger partial charge is 0.481 e. The molecule has 9 heteroatoms. The van der Waals surface area contributed by atoms with Crippen molar-refractivity contribution in [2.24, 2.45) is 5.92 Å². The molecule has 2 amide bonds. The van der Waals surface area contributed by atoms with Crippen LogP contribution >= 0.6 is 0 Å². The van der Waals surface area contributed by atoms with Gasteiger partial charge in [0.15, 0.2) is 6.61 Å². The lowest BCUT2D eigenvalue weighted by Crippen LogP contribution is -2.44. The van der Waals surface area contributed by atoms with Gasteiger partial charge in [-0.15, -0.1) is 0 Å². The predicted octanol–water partition coefficient (Wildman–Crippen LogP) is 2.05. The van der Waals surface area contributed by atoms with Gasteiger partial charge in [-0.25, -0.2) is 13.6 Å². The topological polar surface area (TPSA) is 91.8 Å². The minimum absolute atomic E-state index is 0.0230. The molecule has 1 saturated heterocycles. The average Bonchev–Trinajstić information content (AvgIpc) is 2.53. The Morgan fingerprint density at radius 3 is 2.96 bits per heavy atom. The number of carboxylic acids is 1. The quantitative estimate of drug-likeness (QED) is 0.863. The minimum atomic E-state index is -2.61. The number of pyridine rings is 1. The van der Waals surface area contributed by atoms with E-state index in [0.29, 0.717) is 19.4 Å². The lowest BCUT2D eigenvalue weighted by atomic mass is 9.99. The van der Waals surface area contributed by atoms with Crippen LogP contribution in [0.2, 0.25) is 0 Å². The van der Waals surface area contributed by atoms with E-state index < -0.39 is 31.0 Å². The van der Waals surface area contributed by atoms with Gasteiger partial charge in [-0.3, -0.25) is 10.1 Å². The van der Waals surface area contributed by atoms with Gasteiger partial charge in [0.25, 0.3) is 6.43 Å². The second-order valence-electron chi connectivity index (χ2n) is 5.12. The number of nitrogens with zero attached hydrogens (tertiary/aromatic N) is 2. The molecule has 2 heterocycles. The van der Waals surface area contributed by atoms with Crippen LogP contribution in [0.25, 0.3) is 0 Å². The SMILES string of the molecule is O=C(O)C1CCCN(C(=O)Nc2cccc(OCC(F)F)n2)C1. The third-order valence-electron chi connectivity index (χ3n) is 3.37. The highest BCUT2D eigenvalue weighted by molar-refractivity contribution is 5.88. The van der Waals surface area contributed by atoms with Crippen LogP contribution in [-0.4, -0.2) is 53.1 Å². The van der Waals surface area contributed by atoms with E-state index in [1.54, 1.807) is 0 Å². The van der Waals surface area contributed by atoms with E-state index in [-0.39, 0.29) is 18.2 Å². The summed E-state index contributed by atoms with van der Waals surface area (Å²) >= 11 is 0. The van der Waals surface area contributed by atoms with Crippen LogP contribution in [0.5, 0.6) is 5.88 Å². The number of amides is 2. The van der Waals surface area contributed by atoms with Crippen LogP contribution < -0.4 is 10.1 Å². The summed E-state index contributed by atoms with van der Waals surface area (Å²) in [6, 6.07) is 3.93. The molecule has 1 unspecified atom stereocenters. The first kappa shape index (κ1) is 16.9. The zero-order valence-electron chi connectivity index (χ0n) is 12.2. The monoisotopic (exact) mass is 329 g/mol. The zero-order valence-corrected chi connectivity index (χ0v) is 12.2. The summed E-state index contributed by atoms with van der Waals surface area (Å²) in [5.74, 6) is -1.38. The summed E-state index contributed by atoms with van der Waals surface area (Å²) in [6.07, 6.45) is -1.47. The molecule has 1 aliphatic heterocycles. The highest BCUT2D eigenvalue weighted by atomic mass is 19.3. The lowest BCUT2D eigenvalue weighted by Gasteiger charge is -2.30. The fourth-order valence-corrected chi connectivity index (χ4v) is 2.26. The van der Waals surface area contributed by atoms with E-state index >= 15 is 0 Å². The van der Waals surface area contributed by atoms with Gasteiger partial charge < -0.3 is 14.7 Å². The number of aromatic nitrogens is 1. The molecule has 23 heavy (non-hydrogen) atoms. The zero-order chi connectivity index (χ0) is 16.8. The van der Waals surface area contributed by atoms with Gasteiger partial charge in [-0.2, -0.15) is 4.98 Å². The maximum atomic E-state index is 12.1. The van der Waals surface area contributed by atoms with Crippen molar-refractivity contribution in [3.05, 3.63) is 18.2 Å². The van der Waals surface area contributed by atoms with Gasteiger partial charge in [0.2, 0.25) is 5.88 Å². The first-order valence-electron chi connectivity index (χ1n) is 7.12. The van der Waals surface area contributed by atoms with Crippen molar-refractivity contribution < 1.29 is 28.2 Å². The fraction of sp³-hybridized carbons (Fsp3) is 0.500. The van der Waals surface area contributed by atoms with Gasteiger partial charge in [0.1, 0.15) is 5.82 Å². The number of halogens is 2. The van der Waals surface area contributed by atoms with Crippen molar-refractivity contribution in [2.75, 3.05) is 25.0 Å². The second kappa shape index (κ2) is 7.70. The number of carboxylic acid groups (broad SMARTS) is 1. The molecule has 1 fully saturated rings. The minimum Gasteiger partial charge on any atom is -0.481 e. The Kier molecular flexibility index (Phi) is 5.67. The number of carbonyl (C=O) groups excluding carboxylic acids is 1. The number of alkyl halides is 2. The maximum absolute atomic E-state index is 12.1. The highest BCUT2D eigenvalue weighted by Crippen LogP contribution is 2.18. The number of urea groups is 1. The summed E-state index contributed by atoms with van der Waals surface area (Å²) in [4.78, 5) is 28.4. The molecule has 126 valence electrons. The molecule has 2 rings (SSSR count). The van der Waals surface area contributed by atoms with Crippen molar-refractivity contribution in [3.8, 4) is 5.88 Å². The van der Waals surface area contributed by atoms with Gasteiger partial charge in [-0.05, 0) is 18.9 Å². The lowest BCUT2D eigenvalue weighted by molar-refractivity contribution is -0.143. The second-order valence-corrected chi connectivity index (χ2v) is 5.12. The number of likely N-dealkylation sites (tertiary alicyclic amines) is 1. The van der Waals surface area contributed by atoms with Crippen molar-refractivity contribution in [3.63, 3.8) is 0 Å². The van der Waals surface area contributed by atoms with E-state index in [1.165, 1.54) is 23.1 Å². The molecular weight excluding hydrogens is 312 g/mol. The molecule has 1 aromatic rings. The third kappa shape index (κ3) is 5.04. The number of rotatable bonds is 5. The van der Waals surface area contributed by atoms with Crippen LogP contribution in [0, 0.1) is 5.92 Å². The van der Waals surface area contributed by atoms with Crippen LogP contribution in [-0.2, 0) is 4.79 Å². The average molecular weight is 329 g/mol. The highest BCUT2D eigenvalue weighted by Gasteiger charge is 2.28. The molecule has 7 nitrogen and oxygen atoms in total. The smallest absolute Gasteiger partial charge is 0.323 e. The number of anilines is 1. The number of piperidine rings is 1. The third-order valence-corrected chi connectivity index (χ3v) is 3.37. The molecular formula is C14H17F2N3O4. The maximum Gasteiger partial charge on any atom is 0.323 e. The summed E-state index contributed by atoms with van der Waals surface area (Å²) in [7, 11) is 0. The van der Waals surface area contributed by atoms with E-state index in [0.717, 1.165) is 0 Å². The van der Waals surface area contributed by atoms with Gasteiger partial charge in [0, 0.05) is 19.2 Å². The molecule has 1 aliphatic rings. The number of carbonyl (C=O) groups is 2. The number of hydrogen-bond donors (Lipinski definition) is 2. The van der Waals surface area contributed by atoms with Gasteiger partial charge in [0.05, 0.1) is 5.92 Å². The summed E-state index contributed by atoms with van der Waals surface area (Å²) in [6.45, 7) is -0.198. The summed E-state index contributed by atoms with van der Waals surface area (Å²) in [5.41, 5.74) is 0. The van der Waals surface area contributed by atoms with E-state index in [9.17, 15) is 18.4 Å². The van der Waals surface area contributed by atoms with Crippen LogP contribution in [0.4, 0.5) is 19.4 Å². The summed E-state index contributed by atoms with van der Waals surface area (Å²) < 4.78 is 29.0. The molecule has 1 aromatic heterocycles.